The fraction of sp³-hybridized carbons (Fsp3) is 0.190. The van der Waals surface area contributed by atoms with Crippen LogP contribution in [0.2, 0.25) is 10.0 Å². The lowest BCUT2D eigenvalue weighted by atomic mass is 10.2. The van der Waals surface area contributed by atoms with Gasteiger partial charge in [-0.3, -0.25) is 9.52 Å². The second kappa shape index (κ2) is 9.28. The van der Waals surface area contributed by atoms with Gasteiger partial charge in [-0.15, -0.1) is 0 Å². The first-order valence-electron chi connectivity index (χ1n) is 9.28. The Kier molecular flexibility index (Phi) is 7.01. The van der Waals surface area contributed by atoms with Crippen molar-refractivity contribution in [1.29, 1.82) is 0 Å². The first-order chi connectivity index (χ1) is 15.3. The molecule has 0 atom stereocenters. The normalized spacial score (nSPS) is 12.0. The minimum Gasteiger partial charge on any atom is -0.464 e. The van der Waals surface area contributed by atoms with Crippen LogP contribution in [0.1, 0.15) is 27.4 Å². The van der Waals surface area contributed by atoms with Gasteiger partial charge in [0.2, 0.25) is 0 Å². The largest absolute Gasteiger partial charge is 0.464 e. The number of carbonyl (C=O) groups excluding carboxylic acids is 1. The van der Waals surface area contributed by atoms with E-state index < -0.39 is 32.6 Å². The zero-order chi connectivity index (χ0) is 24.6. The molecular weight excluding hydrogens is 504 g/mol. The summed E-state index contributed by atoms with van der Waals surface area (Å²) in [7, 11) is -2.99. The van der Waals surface area contributed by atoms with Crippen molar-refractivity contribution in [3.63, 3.8) is 0 Å². The van der Waals surface area contributed by atoms with Crippen LogP contribution >= 0.6 is 23.2 Å². The number of aryl methyl sites for hydroxylation is 1. The monoisotopic (exact) mass is 520 g/mol. The van der Waals surface area contributed by atoms with Gasteiger partial charge in [-0.1, -0.05) is 29.3 Å². The SMILES string of the molecule is Cc1ccc(CN(C)C(=O)c2cc(S(=O)(=O)Nc3cccc(C(F)(F)F)c3)c(Cl)cc2Cl)o1. The van der Waals surface area contributed by atoms with Gasteiger partial charge in [0.15, 0.2) is 0 Å². The zero-order valence-electron chi connectivity index (χ0n) is 17.2. The van der Waals surface area contributed by atoms with Crippen LogP contribution in [0.3, 0.4) is 0 Å². The van der Waals surface area contributed by atoms with Crippen LogP contribution in [0, 0.1) is 6.92 Å². The summed E-state index contributed by atoms with van der Waals surface area (Å²) in [6.45, 7) is 1.84. The van der Waals surface area contributed by atoms with Gasteiger partial charge in [-0.25, -0.2) is 8.42 Å². The molecule has 0 aliphatic heterocycles. The fourth-order valence-corrected chi connectivity index (χ4v) is 4.85. The van der Waals surface area contributed by atoms with Crippen molar-refractivity contribution in [1.82, 2.24) is 4.90 Å². The zero-order valence-corrected chi connectivity index (χ0v) is 19.5. The van der Waals surface area contributed by atoms with Crippen LogP contribution in [0.15, 0.2) is 57.8 Å². The number of halogens is 5. The van der Waals surface area contributed by atoms with Crippen molar-refractivity contribution in [2.24, 2.45) is 0 Å². The Morgan fingerprint density at radius 1 is 1.09 bits per heavy atom. The van der Waals surface area contributed by atoms with Crippen molar-refractivity contribution in [3.05, 3.63) is 81.2 Å². The number of nitrogens with zero attached hydrogens (tertiary/aromatic N) is 1. The third kappa shape index (κ3) is 5.82. The maximum Gasteiger partial charge on any atom is 0.416 e. The molecule has 1 aromatic heterocycles. The quantitative estimate of drug-likeness (QED) is 0.433. The number of amides is 1. The van der Waals surface area contributed by atoms with Gasteiger partial charge in [0.1, 0.15) is 16.4 Å². The summed E-state index contributed by atoms with van der Waals surface area (Å²) in [5, 5.41) is -0.397. The number of furan rings is 1. The number of anilines is 1. The molecule has 0 aliphatic rings. The standard InChI is InChI=1S/C21H17Cl2F3N2O4S/c1-12-6-7-15(32-12)11-28(2)20(29)16-9-19(18(23)10-17(16)22)33(30,31)27-14-5-3-4-13(8-14)21(24,25)26/h3-10,27H,11H2,1-2H3. The second-order valence-electron chi connectivity index (χ2n) is 7.12. The van der Waals surface area contributed by atoms with Gasteiger partial charge in [0.05, 0.1) is 27.7 Å². The third-order valence-electron chi connectivity index (χ3n) is 4.52. The van der Waals surface area contributed by atoms with E-state index in [1.165, 1.54) is 11.9 Å². The molecule has 1 amide bonds. The Morgan fingerprint density at radius 2 is 1.79 bits per heavy atom. The lowest BCUT2D eigenvalue weighted by Crippen LogP contribution is -2.26. The number of hydrogen-bond acceptors (Lipinski definition) is 4. The first-order valence-corrected chi connectivity index (χ1v) is 11.5. The number of rotatable bonds is 6. The minimum absolute atomic E-state index is 0.0921. The van der Waals surface area contributed by atoms with Crippen molar-refractivity contribution in [2.75, 3.05) is 11.8 Å². The molecule has 0 aliphatic carbocycles. The average Bonchev–Trinajstić information content (AvgIpc) is 3.11. The van der Waals surface area contributed by atoms with Crippen LogP contribution < -0.4 is 4.72 Å². The van der Waals surface area contributed by atoms with E-state index in [9.17, 15) is 26.4 Å². The van der Waals surface area contributed by atoms with Crippen LogP contribution in [0.4, 0.5) is 18.9 Å². The highest BCUT2D eigenvalue weighted by atomic mass is 35.5. The number of sulfonamides is 1. The summed E-state index contributed by atoms with van der Waals surface area (Å²) in [6.07, 6.45) is -4.66. The van der Waals surface area contributed by atoms with Crippen molar-refractivity contribution < 1.29 is 30.8 Å². The average molecular weight is 521 g/mol. The number of carbonyl (C=O) groups is 1. The highest BCUT2D eigenvalue weighted by Crippen LogP contribution is 2.33. The Bertz CT molecular complexity index is 1310. The number of alkyl halides is 3. The summed E-state index contributed by atoms with van der Waals surface area (Å²) in [5.41, 5.74) is -1.51. The van der Waals surface area contributed by atoms with Gasteiger partial charge in [-0.2, -0.15) is 13.2 Å². The molecule has 0 saturated heterocycles. The van der Waals surface area contributed by atoms with E-state index in [0.29, 0.717) is 17.6 Å². The van der Waals surface area contributed by atoms with E-state index in [-0.39, 0.29) is 27.8 Å². The van der Waals surface area contributed by atoms with E-state index in [1.54, 1.807) is 19.1 Å². The molecule has 3 aromatic rings. The highest BCUT2D eigenvalue weighted by Gasteiger charge is 2.31. The molecule has 6 nitrogen and oxygen atoms in total. The van der Waals surface area contributed by atoms with Crippen LogP contribution in [-0.4, -0.2) is 26.3 Å². The first kappa shape index (κ1) is 24.9. The van der Waals surface area contributed by atoms with Crippen molar-refractivity contribution >= 4 is 44.8 Å². The fourth-order valence-electron chi connectivity index (χ4n) is 2.95. The second-order valence-corrected chi connectivity index (χ2v) is 9.59. The van der Waals surface area contributed by atoms with Gasteiger partial charge in [-0.05, 0) is 49.4 Å². The molecule has 0 radical (unpaired) electrons. The number of hydrogen-bond donors (Lipinski definition) is 1. The Labute approximate surface area is 197 Å². The van der Waals surface area contributed by atoms with Crippen LogP contribution in [0.5, 0.6) is 0 Å². The summed E-state index contributed by atoms with van der Waals surface area (Å²) in [5.74, 6) is 0.554. The molecule has 0 bridgehead atoms. The molecule has 2 aromatic carbocycles. The summed E-state index contributed by atoms with van der Waals surface area (Å²) < 4.78 is 72.1. The van der Waals surface area contributed by atoms with E-state index in [4.69, 9.17) is 27.6 Å². The summed E-state index contributed by atoms with van der Waals surface area (Å²) in [6, 6.07) is 9.15. The summed E-state index contributed by atoms with van der Waals surface area (Å²) >= 11 is 12.2. The predicted molar refractivity (Wildman–Crippen MR) is 118 cm³/mol. The Morgan fingerprint density at radius 3 is 2.39 bits per heavy atom. The van der Waals surface area contributed by atoms with Gasteiger partial charge in [0.25, 0.3) is 15.9 Å². The van der Waals surface area contributed by atoms with Crippen LogP contribution in [0.25, 0.3) is 0 Å². The molecule has 0 saturated carbocycles. The van der Waals surface area contributed by atoms with Gasteiger partial charge in [0, 0.05) is 12.7 Å². The van der Waals surface area contributed by atoms with Gasteiger partial charge >= 0.3 is 6.18 Å². The molecule has 176 valence electrons. The maximum absolute atomic E-state index is 12.9. The number of benzene rings is 2. The van der Waals surface area contributed by atoms with E-state index >= 15 is 0 Å². The Balaban J connectivity index is 1.92. The van der Waals surface area contributed by atoms with Gasteiger partial charge < -0.3 is 9.32 Å². The molecular formula is C21H17Cl2F3N2O4S. The third-order valence-corrected chi connectivity index (χ3v) is 6.68. The Hall–Kier alpha value is -2.69. The molecule has 0 fully saturated rings. The highest BCUT2D eigenvalue weighted by molar-refractivity contribution is 7.92. The maximum atomic E-state index is 12.9. The topological polar surface area (TPSA) is 79.6 Å². The molecule has 3 rings (SSSR count). The molecule has 1 heterocycles. The smallest absolute Gasteiger partial charge is 0.416 e. The molecule has 33 heavy (non-hydrogen) atoms. The number of nitrogens with one attached hydrogen (secondary N) is 1. The van der Waals surface area contributed by atoms with E-state index in [0.717, 1.165) is 30.3 Å². The molecule has 12 heteroatoms. The van der Waals surface area contributed by atoms with E-state index in [2.05, 4.69) is 4.72 Å². The molecule has 1 N–H and O–H groups in total. The lowest BCUT2D eigenvalue weighted by Gasteiger charge is -2.18. The van der Waals surface area contributed by atoms with Crippen molar-refractivity contribution in [3.8, 4) is 0 Å². The molecule has 0 unspecified atom stereocenters. The lowest BCUT2D eigenvalue weighted by molar-refractivity contribution is -0.137. The molecule has 0 spiro atoms. The van der Waals surface area contributed by atoms with Crippen molar-refractivity contribution in [2.45, 2.75) is 24.5 Å². The van der Waals surface area contributed by atoms with E-state index in [1.807, 2.05) is 0 Å². The van der Waals surface area contributed by atoms with Crippen LogP contribution in [-0.2, 0) is 22.7 Å². The summed E-state index contributed by atoms with van der Waals surface area (Å²) in [4.78, 5) is 13.6. The predicted octanol–water partition coefficient (Wildman–Crippen LogP) is 5.99. The minimum atomic E-state index is -4.66.